The first kappa shape index (κ1) is 17.8. The highest BCUT2D eigenvalue weighted by Crippen LogP contribution is 2.28. The number of benzene rings is 1. The number of morpholine rings is 1. The zero-order valence-electron chi connectivity index (χ0n) is 14.3. The van der Waals surface area contributed by atoms with Crippen molar-refractivity contribution in [3.8, 4) is 0 Å². The van der Waals surface area contributed by atoms with Crippen LogP contribution in [0.5, 0.6) is 0 Å². The molecule has 2 saturated heterocycles. The van der Waals surface area contributed by atoms with Crippen molar-refractivity contribution >= 4 is 17.5 Å². The summed E-state index contributed by atoms with van der Waals surface area (Å²) in [6, 6.07) is 9.10. The van der Waals surface area contributed by atoms with E-state index in [0.717, 1.165) is 39.3 Å². The van der Waals surface area contributed by atoms with Gasteiger partial charge in [0.25, 0.3) is 11.8 Å². The van der Waals surface area contributed by atoms with Crippen LogP contribution in [-0.2, 0) is 14.3 Å². The van der Waals surface area contributed by atoms with Gasteiger partial charge in [0.2, 0.25) is 5.60 Å². The summed E-state index contributed by atoms with van der Waals surface area (Å²) >= 11 is 0. The smallest absolute Gasteiger partial charge is 0.268 e. The third-order valence-electron chi connectivity index (χ3n) is 4.78. The van der Waals surface area contributed by atoms with E-state index in [2.05, 4.69) is 10.2 Å². The number of hydrogen-bond acceptors (Lipinski definition) is 5. The molecule has 7 heteroatoms. The highest BCUT2D eigenvalue weighted by Gasteiger charge is 2.51. The summed E-state index contributed by atoms with van der Waals surface area (Å²) in [7, 11) is 0. The number of aliphatic hydroxyl groups is 1. The molecule has 25 heavy (non-hydrogen) atoms. The van der Waals surface area contributed by atoms with Crippen LogP contribution in [0.25, 0.3) is 0 Å². The SMILES string of the molecule is O=C(NCCCN1CCOCC1)C1(O)CCN(c2ccccc2)C1=O. The van der Waals surface area contributed by atoms with E-state index >= 15 is 0 Å². The number of nitrogens with zero attached hydrogens (tertiary/aromatic N) is 2. The average molecular weight is 347 g/mol. The zero-order chi connectivity index (χ0) is 17.7. The number of amides is 2. The molecular formula is C18H25N3O4. The fourth-order valence-electron chi connectivity index (χ4n) is 3.25. The maximum absolute atomic E-state index is 12.5. The van der Waals surface area contributed by atoms with Crippen LogP contribution in [0, 0.1) is 0 Å². The first-order valence-electron chi connectivity index (χ1n) is 8.79. The quantitative estimate of drug-likeness (QED) is 0.559. The lowest BCUT2D eigenvalue weighted by Crippen LogP contribution is -2.53. The van der Waals surface area contributed by atoms with Gasteiger partial charge < -0.3 is 20.1 Å². The number of ether oxygens (including phenoxy) is 1. The lowest BCUT2D eigenvalue weighted by atomic mass is 10.0. The number of carbonyl (C=O) groups excluding carboxylic acids is 2. The van der Waals surface area contributed by atoms with Crippen LogP contribution in [0.1, 0.15) is 12.8 Å². The van der Waals surface area contributed by atoms with E-state index in [9.17, 15) is 14.7 Å². The van der Waals surface area contributed by atoms with Gasteiger partial charge in [-0.15, -0.1) is 0 Å². The summed E-state index contributed by atoms with van der Waals surface area (Å²) in [5.41, 5.74) is -1.27. The van der Waals surface area contributed by atoms with Crippen LogP contribution in [0.2, 0.25) is 0 Å². The molecule has 0 aliphatic carbocycles. The molecular weight excluding hydrogens is 322 g/mol. The molecule has 2 amide bonds. The van der Waals surface area contributed by atoms with Gasteiger partial charge in [-0.05, 0) is 25.1 Å². The van der Waals surface area contributed by atoms with Crippen LogP contribution < -0.4 is 10.2 Å². The second-order valence-corrected chi connectivity index (χ2v) is 6.47. The van der Waals surface area contributed by atoms with E-state index in [4.69, 9.17) is 4.74 Å². The Morgan fingerprint density at radius 2 is 1.92 bits per heavy atom. The summed E-state index contributed by atoms with van der Waals surface area (Å²) < 4.78 is 5.30. The third-order valence-corrected chi connectivity index (χ3v) is 4.78. The molecule has 1 atom stereocenters. The average Bonchev–Trinajstić information content (AvgIpc) is 2.96. The van der Waals surface area contributed by atoms with Gasteiger partial charge in [-0.2, -0.15) is 0 Å². The van der Waals surface area contributed by atoms with E-state index in [1.807, 2.05) is 18.2 Å². The normalized spacial score (nSPS) is 24.5. The highest BCUT2D eigenvalue weighted by atomic mass is 16.5. The second-order valence-electron chi connectivity index (χ2n) is 6.47. The van der Waals surface area contributed by atoms with Gasteiger partial charge in [-0.25, -0.2) is 0 Å². The van der Waals surface area contributed by atoms with Crippen molar-refractivity contribution in [2.24, 2.45) is 0 Å². The molecule has 1 unspecified atom stereocenters. The third kappa shape index (κ3) is 4.00. The van der Waals surface area contributed by atoms with E-state index < -0.39 is 17.4 Å². The minimum Gasteiger partial charge on any atom is -0.379 e. The molecule has 2 aliphatic heterocycles. The summed E-state index contributed by atoms with van der Waals surface area (Å²) in [5, 5.41) is 13.3. The Morgan fingerprint density at radius 1 is 1.20 bits per heavy atom. The Bertz CT molecular complexity index is 604. The van der Waals surface area contributed by atoms with Gasteiger partial charge in [-0.3, -0.25) is 14.5 Å². The molecule has 136 valence electrons. The number of para-hydroxylation sites is 1. The van der Waals surface area contributed by atoms with Crippen molar-refractivity contribution in [1.29, 1.82) is 0 Å². The minimum atomic E-state index is -1.96. The van der Waals surface area contributed by atoms with E-state index in [1.54, 1.807) is 12.1 Å². The van der Waals surface area contributed by atoms with E-state index in [-0.39, 0.29) is 6.42 Å². The summed E-state index contributed by atoms with van der Waals surface area (Å²) in [6.07, 6.45) is 0.883. The Balaban J connectivity index is 1.48. The Hall–Kier alpha value is -1.96. The molecule has 2 N–H and O–H groups in total. The van der Waals surface area contributed by atoms with Crippen molar-refractivity contribution in [2.75, 3.05) is 50.8 Å². The molecule has 2 heterocycles. The van der Waals surface area contributed by atoms with Gasteiger partial charge in [0.1, 0.15) is 0 Å². The Morgan fingerprint density at radius 3 is 2.64 bits per heavy atom. The van der Waals surface area contributed by atoms with Crippen LogP contribution in [0.4, 0.5) is 5.69 Å². The highest BCUT2D eigenvalue weighted by molar-refractivity contribution is 6.16. The van der Waals surface area contributed by atoms with Crippen LogP contribution in [0.15, 0.2) is 30.3 Å². The summed E-state index contributed by atoms with van der Waals surface area (Å²) in [6.45, 7) is 4.94. The first-order valence-corrected chi connectivity index (χ1v) is 8.79. The van der Waals surface area contributed by atoms with Crippen molar-refractivity contribution in [3.63, 3.8) is 0 Å². The summed E-state index contributed by atoms with van der Waals surface area (Å²) in [4.78, 5) is 28.7. The van der Waals surface area contributed by atoms with Crippen molar-refractivity contribution in [1.82, 2.24) is 10.2 Å². The molecule has 3 rings (SSSR count). The van der Waals surface area contributed by atoms with Crippen LogP contribution >= 0.6 is 0 Å². The molecule has 7 nitrogen and oxygen atoms in total. The fourth-order valence-corrected chi connectivity index (χ4v) is 3.25. The molecule has 0 radical (unpaired) electrons. The lowest BCUT2D eigenvalue weighted by molar-refractivity contribution is -0.149. The number of carbonyl (C=O) groups is 2. The molecule has 1 aromatic carbocycles. The van der Waals surface area contributed by atoms with Gasteiger partial charge in [0.15, 0.2) is 0 Å². The number of anilines is 1. The van der Waals surface area contributed by atoms with Crippen molar-refractivity contribution in [3.05, 3.63) is 30.3 Å². The predicted molar refractivity (Wildman–Crippen MR) is 93.2 cm³/mol. The first-order chi connectivity index (χ1) is 12.1. The Labute approximate surface area is 147 Å². The molecule has 2 aliphatic rings. The number of hydrogen-bond donors (Lipinski definition) is 2. The maximum atomic E-state index is 12.5. The second kappa shape index (κ2) is 7.95. The van der Waals surface area contributed by atoms with Crippen molar-refractivity contribution in [2.45, 2.75) is 18.4 Å². The molecule has 0 saturated carbocycles. The minimum absolute atomic E-state index is 0.107. The van der Waals surface area contributed by atoms with Crippen LogP contribution in [-0.4, -0.2) is 73.4 Å². The van der Waals surface area contributed by atoms with Crippen molar-refractivity contribution < 1.29 is 19.4 Å². The molecule has 0 aromatic heterocycles. The molecule has 1 aromatic rings. The molecule has 0 spiro atoms. The zero-order valence-corrected chi connectivity index (χ0v) is 14.3. The van der Waals surface area contributed by atoms with Gasteiger partial charge >= 0.3 is 0 Å². The van der Waals surface area contributed by atoms with E-state index in [0.29, 0.717) is 18.8 Å². The lowest BCUT2D eigenvalue weighted by Gasteiger charge is -2.26. The maximum Gasteiger partial charge on any atom is 0.268 e. The largest absolute Gasteiger partial charge is 0.379 e. The van der Waals surface area contributed by atoms with Gasteiger partial charge in [-0.1, -0.05) is 18.2 Å². The topological polar surface area (TPSA) is 82.1 Å². The predicted octanol–water partition coefficient (Wildman–Crippen LogP) is -0.00710. The molecule has 0 bridgehead atoms. The summed E-state index contributed by atoms with van der Waals surface area (Å²) in [5.74, 6) is -1.15. The molecule has 2 fully saturated rings. The van der Waals surface area contributed by atoms with Gasteiger partial charge in [0.05, 0.1) is 13.2 Å². The number of nitrogens with one attached hydrogen (secondary N) is 1. The van der Waals surface area contributed by atoms with Gasteiger partial charge in [0, 0.05) is 38.3 Å². The monoisotopic (exact) mass is 347 g/mol. The Kier molecular flexibility index (Phi) is 5.67. The standard InChI is InChI=1S/C18H25N3O4/c22-16(19-8-4-9-20-11-13-25-14-12-20)18(24)7-10-21(17(18)23)15-5-2-1-3-6-15/h1-3,5-6,24H,4,7-14H2,(H,19,22). The van der Waals surface area contributed by atoms with Crippen LogP contribution in [0.3, 0.4) is 0 Å². The fraction of sp³-hybridized carbons (Fsp3) is 0.556. The number of rotatable bonds is 6. The van der Waals surface area contributed by atoms with E-state index in [1.165, 1.54) is 4.90 Å².